The Labute approximate surface area is 150 Å². The molecule has 128 valence electrons. The van der Waals surface area contributed by atoms with Crippen LogP contribution in [0, 0.1) is 0 Å². The average Bonchev–Trinajstić information content (AvgIpc) is 2.48. The number of halogens is 2. The highest BCUT2D eigenvalue weighted by Crippen LogP contribution is 2.22. The Morgan fingerprint density at radius 1 is 1.12 bits per heavy atom. The van der Waals surface area contributed by atoms with E-state index in [2.05, 4.69) is 5.32 Å². The van der Waals surface area contributed by atoms with Crippen molar-refractivity contribution in [1.82, 2.24) is 0 Å². The number of hydrogen-bond donors (Lipinski definition) is 2. The average molecular weight is 388 g/mol. The fourth-order valence-electron chi connectivity index (χ4n) is 1.98. The summed E-state index contributed by atoms with van der Waals surface area (Å²) in [5.74, 6) is -1.62. The molecule has 5 nitrogen and oxygen atoms in total. The second-order valence-corrected chi connectivity index (χ2v) is 8.31. The van der Waals surface area contributed by atoms with Gasteiger partial charge in [0.25, 0.3) is 5.91 Å². The predicted octanol–water partition coefficient (Wildman–Crippen LogP) is 3.16. The minimum atomic E-state index is -3.90. The van der Waals surface area contributed by atoms with Crippen LogP contribution in [0.1, 0.15) is 6.92 Å². The van der Waals surface area contributed by atoms with E-state index in [-0.39, 0.29) is 9.92 Å². The molecule has 24 heavy (non-hydrogen) atoms. The number of sulfone groups is 1. The number of aliphatic hydroxyl groups is 1. The summed E-state index contributed by atoms with van der Waals surface area (Å²) in [6.07, 6.45) is 0. The highest BCUT2D eigenvalue weighted by atomic mass is 35.5. The molecule has 0 aliphatic heterocycles. The molecule has 0 saturated carbocycles. The Balaban J connectivity index is 2.17. The first kappa shape index (κ1) is 18.7. The molecule has 1 amide bonds. The third kappa shape index (κ3) is 4.70. The van der Waals surface area contributed by atoms with Crippen molar-refractivity contribution in [3.63, 3.8) is 0 Å². The minimum Gasteiger partial charge on any atom is -0.379 e. The molecule has 0 unspecified atom stereocenters. The van der Waals surface area contributed by atoms with Gasteiger partial charge in [0.2, 0.25) is 0 Å². The van der Waals surface area contributed by atoms with Crippen LogP contribution in [0.4, 0.5) is 5.69 Å². The van der Waals surface area contributed by atoms with E-state index in [0.29, 0.717) is 10.7 Å². The molecule has 0 heterocycles. The summed E-state index contributed by atoms with van der Waals surface area (Å²) in [6.45, 7) is 1.14. The fraction of sp³-hybridized carbons (Fsp3) is 0.188. The molecule has 0 spiro atoms. The van der Waals surface area contributed by atoms with Crippen LogP contribution in [0.3, 0.4) is 0 Å². The van der Waals surface area contributed by atoms with E-state index in [0.717, 1.165) is 6.92 Å². The van der Waals surface area contributed by atoms with Gasteiger partial charge < -0.3 is 10.4 Å². The van der Waals surface area contributed by atoms with Crippen molar-refractivity contribution in [2.45, 2.75) is 17.4 Å². The number of nitrogens with one attached hydrogen (secondary N) is 1. The van der Waals surface area contributed by atoms with Crippen molar-refractivity contribution in [2.75, 3.05) is 11.1 Å². The molecule has 0 fully saturated rings. The standard InChI is InChI=1S/C16H15Cl2NO4S/c1-16(21,15(20)19-13-7-5-11(17)6-8-13)10-24(22,23)14-4-2-3-12(18)9-14/h2-9,21H,10H2,1H3,(H,19,20)/t16-/m1/s1. The molecule has 0 aliphatic rings. The van der Waals surface area contributed by atoms with E-state index in [1.807, 2.05) is 0 Å². The zero-order chi connectivity index (χ0) is 18.0. The van der Waals surface area contributed by atoms with Crippen molar-refractivity contribution < 1.29 is 18.3 Å². The van der Waals surface area contributed by atoms with Gasteiger partial charge in [0.15, 0.2) is 15.4 Å². The van der Waals surface area contributed by atoms with Crippen LogP contribution in [-0.2, 0) is 14.6 Å². The molecule has 2 aromatic rings. The van der Waals surface area contributed by atoms with E-state index in [4.69, 9.17) is 23.2 Å². The second-order valence-electron chi connectivity index (χ2n) is 5.45. The molecular formula is C16H15Cl2NO4S. The Morgan fingerprint density at radius 3 is 2.33 bits per heavy atom. The molecule has 2 aromatic carbocycles. The summed E-state index contributed by atoms with van der Waals surface area (Å²) in [5, 5.41) is 13.5. The van der Waals surface area contributed by atoms with Crippen LogP contribution >= 0.6 is 23.2 Å². The lowest BCUT2D eigenvalue weighted by Crippen LogP contribution is -2.45. The maximum absolute atomic E-state index is 12.4. The first-order valence-electron chi connectivity index (χ1n) is 6.88. The third-order valence-electron chi connectivity index (χ3n) is 3.22. The zero-order valence-corrected chi connectivity index (χ0v) is 15.0. The molecule has 8 heteroatoms. The van der Waals surface area contributed by atoms with Gasteiger partial charge in [-0.15, -0.1) is 0 Å². The maximum Gasteiger partial charge on any atom is 0.257 e. The predicted molar refractivity (Wildman–Crippen MR) is 94.2 cm³/mol. The third-order valence-corrected chi connectivity index (χ3v) is 5.62. The molecule has 0 bridgehead atoms. The highest BCUT2D eigenvalue weighted by Gasteiger charge is 2.36. The summed E-state index contributed by atoms with van der Waals surface area (Å²) in [4.78, 5) is 12.1. The summed E-state index contributed by atoms with van der Waals surface area (Å²) in [5.41, 5.74) is -1.73. The van der Waals surface area contributed by atoms with Gasteiger partial charge in [0, 0.05) is 15.7 Å². The first-order valence-corrected chi connectivity index (χ1v) is 9.29. The molecule has 0 saturated heterocycles. The van der Waals surface area contributed by atoms with Crippen molar-refractivity contribution in [3.05, 3.63) is 58.6 Å². The smallest absolute Gasteiger partial charge is 0.257 e. The molecular weight excluding hydrogens is 373 g/mol. The fourth-order valence-corrected chi connectivity index (χ4v) is 3.99. The first-order chi connectivity index (χ1) is 11.1. The quantitative estimate of drug-likeness (QED) is 0.824. The Bertz CT molecular complexity index is 849. The number of hydrogen-bond acceptors (Lipinski definition) is 4. The largest absolute Gasteiger partial charge is 0.379 e. The van der Waals surface area contributed by atoms with Crippen LogP contribution in [0.25, 0.3) is 0 Å². The maximum atomic E-state index is 12.4. The molecule has 1 atom stereocenters. The van der Waals surface area contributed by atoms with Crippen molar-refractivity contribution in [2.24, 2.45) is 0 Å². The molecule has 0 radical (unpaired) electrons. The number of benzene rings is 2. The molecule has 0 aromatic heterocycles. The van der Waals surface area contributed by atoms with Gasteiger partial charge >= 0.3 is 0 Å². The number of amides is 1. The monoisotopic (exact) mass is 387 g/mol. The van der Waals surface area contributed by atoms with E-state index >= 15 is 0 Å². The summed E-state index contributed by atoms with van der Waals surface area (Å²) >= 11 is 11.5. The molecule has 2 rings (SSSR count). The highest BCUT2D eigenvalue weighted by molar-refractivity contribution is 7.91. The summed E-state index contributed by atoms with van der Waals surface area (Å²) in [7, 11) is -3.90. The number of carbonyl (C=O) groups excluding carboxylic acids is 1. The minimum absolute atomic E-state index is 0.0606. The van der Waals surface area contributed by atoms with Crippen LogP contribution in [0.2, 0.25) is 10.0 Å². The lowest BCUT2D eigenvalue weighted by atomic mass is 10.1. The Kier molecular flexibility index (Phi) is 5.55. The van der Waals surface area contributed by atoms with Gasteiger partial charge in [-0.25, -0.2) is 8.42 Å². The summed E-state index contributed by atoms with van der Waals surface area (Å²) < 4.78 is 24.8. The van der Waals surface area contributed by atoms with Crippen molar-refractivity contribution in [1.29, 1.82) is 0 Å². The second kappa shape index (κ2) is 7.11. The van der Waals surface area contributed by atoms with Gasteiger partial charge in [-0.3, -0.25) is 4.79 Å². The lowest BCUT2D eigenvalue weighted by Gasteiger charge is -2.22. The Morgan fingerprint density at radius 2 is 1.75 bits per heavy atom. The molecule has 0 aliphatic carbocycles. The summed E-state index contributed by atoms with van der Waals surface area (Å²) in [6, 6.07) is 11.9. The van der Waals surface area contributed by atoms with Crippen LogP contribution in [0.15, 0.2) is 53.4 Å². The van der Waals surface area contributed by atoms with Crippen molar-refractivity contribution >= 4 is 44.6 Å². The van der Waals surface area contributed by atoms with E-state index in [1.54, 1.807) is 24.3 Å². The van der Waals surface area contributed by atoms with Gasteiger partial charge in [0.05, 0.1) is 10.6 Å². The van der Waals surface area contributed by atoms with Gasteiger partial charge in [-0.2, -0.15) is 0 Å². The van der Waals surface area contributed by atoms with Crippen LogP contribution in [-0.4, -0.2) is 30.8 Å². The zero-order valence-electron chi connectivity index (χ0n) is 12.7. The number of rotatable bonds is 5. The van der Waals surface area contributed by atoms with Gasteiger partial charge in [-0.05, 0) is 49.4 Å². The Hall–Kier alpha value is -1.60. The number of carbonyl (C=O) groups is 1. The van der Waals surface area contributed by atoms with Crippen molar-refractivity contribution in [3.8, 4) is 0 Å². The SMILES string of the molecule is C[C@@](O)(CS(=O)(=O)c1cccc(Cl)c1)C(=O)Nc1ccc(Cl)cc1. The topological polar surface area (TPSA) is 83.5 Å². The van der Waals surface area contributed by atoms with E-state index in [1.165, 1.54) is 24.3 Å². The van der Waals surface area contributed by atoms with E-state index in [9.17, 15) is 18.3 Å². The van der Waals surface area contributed by atoms with Crippen LogP contribution in [0.5, 0.6) is 0 Å². The lowest BCUT2D eigenvalue weighted by molar-refractivity contribution is -0.130. The normalized spacial score (nSPS) is 14.0. The molecule has 2 N–H and O–H groups in total. The van der Waals surface area contributed by atoms with Crippen LogP contribution < -0.4 is 5.32 Å². The van der Waals surface area contributed by atoms with Gasteiger partial charge in [-0.1, -0.05) is 29.3 Å². The number of anilines is 1. The van der Waals surface area contributed by atoms with E-state index < -0.39 is 27.1 Å². The van der Waals surface area contributed by atoms with Gasteiger partial charge in [0.1, 0.15) is 0 Å².